The van der Waals surface area contributed by atoms with E-state index in [9.17, 15) is 24.2 Å². The van der Waals surface area contributed by atoms with Gasteiger partial charge in [-0.05, 0) is 0 Å². The molecule has 0 aliphatic carbocycles. The van der Waals surface area contributed by atoms with Crippen molar-refractivity contribution in [1.82, 2.24) is 19.5 Å². The largest absolute Gasteiger partial charge is 0.390 e. The van der Waals surface area contributed by atoms with Gasteiger partial charge in [-0.2, -0.15) is 0 Å². The molecule has 0 unspecified atom stereocenters. The van der Waals surface area contributed by atoms with E-state index in [4.69, 9.17) is 9.84 Å². The molecule has 0 bridgehead atoms. The Bertz CT molecular complexity index is 799. The first-order valence-electron chi connectivity index (χ1n) is 5.90. The third-order valence-electron chi connectivity index (χ3n) is 3.33. The Morgan fingerprint density at radius 1 is 1.43 bits per heavy atom. The first-order valence-corrected chi connectivity index (χ1v) is 5.90. The number of hydrogen-bond donors (Lipinski definition) is 5. The van der Waals surface area contributed by atoms with Crippen LogP contribution < -0.4 is 11.2 Å². The molecule has 0 spiro atoms. The van der Waals surface area contributed by atoms with Gasteiger partial charge in [0.25, 0.3) is 11.4 Å². The first kappa shape index (κ1) is 13.9. The lowest BCUT2D eigenvalue weighted by Gasteiger charge is -2.19. The number of halogens is 1. The molecule has 2 aromatic rings. The standard InChI is InChI=1S/C10H11FN4O6/c11-10(1-16)5(18)4(17)8(21-10)15-2-12-3-6(15)13-9(20)14-7(3)19/h2,4-5,8,16-18H,1H2,(H2,13,14,19,20)/t4-,5+,8-,10-/m1/s1. The Kier molecular flexibility index (Phi) is 2.95. The van der Waals surface area contributed by atoms with Crippen LogP contribution >= 0.6 is 0 Å². The number of aromatic nitrogens is 4. The zero-order valence-electron chi connectivity index (χ0n) is 10.4. The molecule has 1 saturated heterocycles. The normalized spacial score (nSPS) is 32.9. The number of nitrogens with zero attached hydrogens (tertiary/aromatic N) is 2. The van der Waals surface area contributed by atoms with Gasteiger partial charge in [-0.25, -0.2) is 14.2 Å². The van der Waals surface area contributed by atoms with Gasteiger partial charge < -0.3 is 20.1 Å². The maximum absolute atomic E-state index is 14.0. The van der Waals surface area contributed by atoms with Crippen LogP contribution in [0.3, 0.4) is 0 Å². The molecule has 3 rings (SSSR count). The second kappa shape index (κ2) is 4.46. The van der Waals surface area contributed by atoms with Crippen LogP contribution in [0.25, 0.3) is 11.2 Å². The predicted molar refractivity (Wildman–Crippen MR) is 64.0 cm³/mol. The topological polar surface area (TPSA) is 153 Å². The molecule has 114 valence electrons. The average molecular weight is 302 g/mol. The molecule has 0 amide bonds. The van der Waals surface area contributed by atoms with Crippen molar-refractivity contribution in [3.05, 3.63) is 27.2 Å². The van der Waals surface area contributed by atoms with Crippen LogP contribution in [0, 0.1) is 0 Å². The van der Waals surface area contributed by atoms with Crippen molar-refractivity contribution in [3.8, 4) is 0 Å². The third kappa shape index (κ3) is 1.90. The van der Waals surface area contributed by atoms with Crippen LogP contribution in [0.5, 0.6) is 0 Å². The summed E-state index contributed by atoms with van der Waals surface area (Å²) in [6, 6.07) is 0. The highest BCUT2D eigenvalue weighted by Crippen LogP contribution is 2.38. The van der Waals surface area contributed by atoms with Crippen LogP contribution in [0.2, 0.25) is 0 Å². The van der Waals surface area contributed by atoms with E-state index in [0.29, 0.717) is 0 Å². The number of H-pyrrole nitrogens is 2. The average Bonchev–Trinajstić information content (AvgIpc) is 2.95. The summed E-state index contributed by atoms with van der Waals surface area (Å²) in [6.45, 7) is -1.18. The summed E-state index contributed by atoms with van der Waals surface area (Å²) in [5.74, 6) is -2.86. The third-order valence-corrected chi connectivity index (χ3v) is 3.33. The number of imidazole rings is 1. The fourth-order valence-corrected chi connectivity index (χ4v) is 2.25. The van der Waals surface area contributed by atoms with Crippen molar-refractivity contribution in [1.29, 1.82) is 0 Å². The van der Waals surface area contributed by atoms with Crippen LogP contribution in [0.15, 0.2) is 15.9 Å². The van der Waals surface area contributed by atoms with Gasteiger partial charge in [0.1, 0.15) is 24.5 Å². The van der Waals surface area contributed by atoms with E-state index in [1.165, 1.54) is 0 Å². The van der Waals surface area contributed by atoms with Gasteiger partial charge in [0.15, 0.2) is 11.7 Å². The molecular formula is C10H11FN4O6. The number of aliphatic hydroxyl groups excluding tert-OH is 3. The molecule has 1 fully saturated rings. The van der Waals surface area contributed by atoms with Gasteiger partial charge in [0.05, 0.1) is 6.33 Å². The molecule has 0 aromatic carbocycles. The van der Waals surface area contributed by atoms with Gasteiger partial charge in [0, 0.05) is 0 Å². The number of alkyl halides is 1. The van der Waals surface area contributed by atoms with Crippen LogP contribution in [-0.2, 0) is 4.74 Å². The van der Waals surface area contributed by atoms with Gasteiger partial charge in [0.2, 0.25) is 0 Å². The maximum Gasteiger partial charge on any atom is 0.327 e. The summed E-state index contributed by atoms with van der Waals surface area (Å²) in [5, 5.41) is 28.3. The van der Waals surface area contributed by atoms with E-state index in [1.807, 2.05) is 4.98 Å². The summed E-state index contributed by atoms with van der Waals surface area (Å²) in [5.41, 5.74) is -1.85. The number of nitrogens with one attached hydrogen (secondary N) is 2. The Balaban J connectivity index is 2.14. The summed E-state index contributed by atoms with van der Waals surface area (Å²) in [6.07, 6.45) is -4.17. The Hall–Kier alpha value is -2.08. The summed E-state index contributed by atoms with van der Waals surface area (Å²) < 4.78 is 19.9. The molecule has 10 nitrogen and oxygen atoms in total. The smallest absolute Gasteiger partial charge is 0.327 e. The second-order valence-corrected chi connectivity index (χ2v) is 4.65. The first-order chi connectivity index (χ1) is 9.87. The minimum Gasteiger partial charge on any atom is -0.390 e. The number of hydrogen-bond acceptors (Lipinski definition) is 7. The van der Waals surface area contributed by atoms with E-state index in [2.05, 4.69) is 9.97 Å². The van der Waals surface area contributed by atoms with E-state index < -0.39 is 42.1 Å². The molecule has 2 aromatic heterocycles. The number of rotatable bonds is 2. The number of aromatic amines is 2. The quantitative estimate of drug-likeness (QED) is 0.405. The Labute approximate surface area is 114 Å². The highest BCUT2D eigenvalue weighted by Gasteiger charge is 2.55. The summed E-state index contributed by atoms with van der Waals surface area (Å²) in [7, 11) is 0. The lowest BCUT2D eigenvalue weighted by Crippen LogP contribution is -2.42. The fourth-order valence-electron chi connectivity index (χ4n) is 2.25. The van der Waals surface area contributed by atoms with Gasteiger partial charge in [-0.3, -0.25) is 19.3 Å². The molecule has 1 aliphatic heterocycles. The minimum atomic E-state index is -2.86. The van der Waals surface area contributed by atoms with Crippen LogP contribution in [0.4, 0.5) is 4.39 Å². The lowest BCUT2D eigenvalue weighted by molar-refractivity contribution is -0.206. The number of aliphatic hydroxyl groups is 3. The summed E-state index contributed by atoms with van der Waals surface area (Å²) in [4.78, 5) is 30.8. The van der Waals surface area contributed by atoms with Gasteiger partial charge >= 0.3 is 5.69 Å². The highest BCUT2D eigenvalue weighted by molar-refractivity contribution is 5.68. The van der Waals surface area contributed by atoms with Crippen LogP contribution in [-0.4, -0.2) is 59.5 Å². The molecule has 3 heterocycles. The van der Waals surface area contributed by atoms with E-state index in [-0.39, 0.29) is 11.2 Å². The van der Waals surface area contributed by atoms with E-state index in [0.717, 1.165) is 10.9 Å². The molecule has 21 heavy (non-hydrogen) atoms. The predicted octanol–water partition coefficient (Wildman–Crippen LogP) is -2.68. The van der Waals surface area contributed by atoms with Crippen molar-refractivity contribution in [2.45, 2.75) is 24.3 Å². The SMILES string of the molecule is O=c1[nH]c(=O)c2ncn([C@@H]3O[C@](F)(CO)[C@@H](O)[C@H]3O)c2[nH]1. The molecule has 0 saturated carbocycles. The van der Waals surface area contributed by atoms with Gasteiger partial charge in [-0.1, -0.05) is 0 Å². The molecule has 5 N–H and O–H groups in total. The van der Waals surface area contributed by atoms with Crippen molar-refractivity contribution in [3.63, 3.8) is 0 Å². The molecule has 1 aliphatic rings. The second-order valence-electron chi connectivity index (χ2n) is 4.65. The van der Waals surface area contributed by atoms with E-state index in [1.54, 1.807) is 0 Å². The molecular weight excluding hydrogens is 291 g/mol. The number of fused-ring (bicyclic) bond motifs is 1. The maximum atomic E-state index is 14.0. The van der Waals surface area contributed by atoms with E-state index >= 15 is 0 Å². The lowest BCUT2D eigenvalue weighted by atomic mass is 10.1. The van der Waals surface area contributed by atoms with Gasteiger partial charge in [-0.15, -0.1) is 0 Å². The zero-order chi connectivity index (χ0) is 15.4. The highest BCUT2D eigenvalue weighted by atomic mass is 19.2. The van der Waals surface area contributed by atoms with Crippen molar-refractivity contribution < 1.29 is 24.4 Å². The number of ether oxygens (including phenoxy) is 1. The minimum absolute atomic E-state index is 0.109. The zero-order valence-corrected chi connectivity index (χ0v) is 10.4. The Morgan fingerprint density at radius 2 is 2.14 bits per heavy atom. The van der Waals surface area contributed by atoms with Crippen LogP contribution in [0.1, 0.15) is 6.23 Å². The fraction of sp³-hybridized carbons (Fsp3) is 0.500. The summed E-state index contributed by atoms with van der Waals surface area (Å²) >= 11 is 0. The van der Waals surface area contributed by atoms with Crippen molar-refractivity contribution >= 4 is 11.2 Å². The monoisotopic (exact) mass is 302 g/mol. The van der Waals surface area contributed by atoms with Crippen molar-refractivity contribution in [2.24, 2.45) is 0 Å². The van der Waals surface area contributed by atoms with Crippen molar-refractivity contribution in [2.75, 3.05) is 6.61 Å². The molecule has 0 radical (unpaired) electrons. The molecule has 4 atom stereocenters. The molecule has 11 heteroatoms. The Morgan fingerprint density at radius 3 is 2.76 bits per heavy atom.